The zero-order valence-corrected chi connectivity index (χ0v) is 16.5. The molecule has 0 saturated heterocycles. The van der Waals surface area contributed by atoms with Crippen LogP contribution in [0.5, 0.6) is 0 Å². The SMILES string of the molecule is CCCCCn1c(NCCOC)cc(=O)n2cc(-c3ccc(Cl)cc3)nc12. The number of rotatable bonds is 9. The molecule has 6 nitrogen and oxygen atoms in total. The Labute approximate surface area is 163 Å². The molecule has 0 fully saturated rings. The molecule has 7 heteroatoms. The van der Waals surface area contributed by atoms with E-state index in [-0.39, 0.29) is 5.56 Å². The van der Waals surface area contributed by atoms with Crippen molar-refractivity contribution in [1.29, 1.82) is 0 Å². The molecule has 2 heterocycles. The summed E-state index contributed by atoms with van der Waals surface area (Å²) >= 11 is 5.98. The Morgan fingerprint density at radius 2 is 2.00 bits per heavy atom. The summed E-state index contributed by atoms with van der Waals surface area (Å²) in [6.07, 6.45) is 5.07. The van der Waals surface area contributed by atoms with E-state index in [0.717, 1.165) is 42.9 Å². The molecule has 3 aromatic rings. The predicted molar refractivity (Wildman–Crippen MR) is 110 cm³/mol. The van der Waals surface area contributed by atoms with Gasteiger partial charge in [-0.2, -0.15) is 0 Å². The molecule has 1 N–H and O–H groups in total. The number of hydrogen-bond donors (Lipinski definition) is 1. The average Bonchev–Trinajstić information content (AvgIpc) is 3.11. The van der Waals surface area contributed by atoms with Crippen LogP contribution in [0.15, 0.2) is 41.3 Å². The number of imidazole rings is 1. The van der Waals surface area contributed by atoms with Crippen molar-refractivity contribution in [3.8, 4) is 11.3 Å². The van der Waals surface area contributed by atoms with Crippen LogP contribution in [0.25, 0.3) is 17.0 Å². The molecule has 0 saturated carbocycles. The van der Waals surface area contributed by atoms with Gasteiger partial charge in [-0.1, -0.05) is 43.5 Å². The highest BCUT2D eigenvalue weighted by Gasteiger charge is 2.13. The number of fused-ring (bicyclic) bond motifs is 1. The van der Waals surface area contributed by atoms with E-state index in [2.05, 4.69) is 16.8 Å². The van der Waals surface area contributed by atoms with E-state index in [1.807, 2.05) is 24.3 Å². The van der Waals surface area contributed by atoms with Gasteiger partial charge in [0.25, 0.3) is 5.56 Å². The first-order chi connectivity index (χ1) is 13.1. The highest BCUT2D eigenvalue weighted by Crippen LogP contribution is 2.22. The van der Waals surface area contributed by atoms with Gasteiger partial charge in [0.05, 0.1) is 12.3 Å². The number of anilines is 1. The number of aromatic nitrogens is 3. The molecule has 0 amide bonds. The Hall–Kier alpha value is -2.31. The van der Waals surface area contributed by atoms with E-state index >= 15 is 0 Å². The van der Waals surface area contributed by atoms with Crippen LogP contribution in [0.2, 0.25) is 5.02 Å². The van der Waals surface area contributed by atoms with Crippen LogP contribution in [0.1, 0.15) is 26.2 Å². The Kier molecular flexibility index (Phi) is 6.53. The monoisotopic (exact) mass is 388 g/mol. The molecule has 0 atom stereocenters. The van der Waals surface area contributed by atoms with Gasteiger partial charge in [-0.25, -0.2) is 4.98 Å². The largest absolute Gasteiger partial charge is 0.383 e. The summed E-state index contributed by atoms with van der Waals surface area (Å²) in [5.74, 6) is 1.41. The van der Waals surface area contributed by atoms with E-state index in [9.17, 15) is 4.79 Å². The third-order valence-corrected chi connectivity index (χ3v) is 4.71. The average molecular weight is 389 g/mol. The van der Waals surface area contributed by atoms with Crippen molar-refractivity contribution < 1.29 is 4.74 Å². The Morgan fingerprint density at radius 3 is 2.70 bits per heavy atom. The Balaban J connectivity index is 2.05. The van der Waals surface area contributed by atoms with E-state index in [4.69, 9.17) is 21.3 Å². The van der Waals surface area contributed by atoms with Gasteiger partial charge >= 0.3 is 0 Å². The summed E-state index contributed by atoms with van der Waals surface area (Å²) in [5.41, 5.74) is 1.57. The number of halogens is 1. The fourth-order valence-electron chi connectivity index (χ4n) is 3.02. The molecule has 0 aliphatic heterocycles. The van der Waals surface area contributed by atoms with Crippen molar-refractivity contribution in [2.75, 3.05) is 25.6 Å². The first-order valence-electron chi connectivity index (χ1n) is 9.25. The number of nitrogens with one attached hydrogen (secondary N) is 1. The van der Waals surface area contributed by atoms with Gasteiger partial charge in [0.2, 0.25) is 5.78 Å². The van der Waals surface area contributed by atoms with Crippen molar-refractivity contribution in [2.45, 2.75) is 32.7 Å². The lowest BCUT2D eigenvalue weighted by molar-refractivity contribution is 0.210. The second kappa shape index (κ2) is 9.06. The predicted octanol–water partition coefficient (Wildman–Crippen LogP) is 4.06. The summed E-state index contributed by atoms with van der Waals surface area (Å²) in [7, 11) is 1.66. The molecule has 2 aromatic heterocycles. The van der Waals surface area contributed by atoms with E-state index < -0.39 is 0 Å². The summed E-state index contributed by atoms with van der Waals surface area (Å²) in [5, 5.41) is 3.97. The molecule has 1 aromatic carbocycles. The van der Waals surface area contributed by atoms with Gasteiger partial charge < -0.3 is 10.1 Å². The summed E-state index contributed by atoms with van der Waals surface area (Å²) in [4.78, 5) is 17.4. The third-order valence-electron chi connectivity index (χ3n) is 4.45. The molecule has 0 aliphatic carbocycles. The highest BCUT2D eigenvalue weighted by atomic mass is 35.5. The van der Waals surface area contributed by atoms with Gasteiger partial charge in [-0.15, -0.1) is 0 Å². The topological polar surface area (TPSA) is 60.6 Å². The Bertz CT molecular complexity index is 947. The van der Waals surface area contributed by atoms with E-state index in [1.165, 1.54) is 0 Å². The molecule has 0 radical (unpaired) electrons. The number of hydrogen-bond acceptors (Lipinski definition) is 4. The molecule has 0 bridgehead atoms. The lowest BCUT2D eigenvalue weighted by Gasteiger charge is -2.16. The van der Waals surface area contributed by atoms with Crippen molar-refractivity contribution >= 4 is 23.2 Å². The number of aryl methyl sites for hydroxylation is 1. The molecule has 27 heavy (non-hydrogen) atoms. The lowest BCUT2D eigenvalue weighted by Crippen LogP contribution is -2.22. The fraction of sp³-hybridized carbons (Fsp3) is 0.400. The van der Waals surface area contributed by atoms with Crippen LogP contribution in [0, 0.1) is 0 Å². The summed E-state index contributed by atoms with van der Waals surface area (Å²) < 4.78 is 8.79. The summed E-state index contributed by atoms with van der Waals surface area (Å²) in [6, 6.07) is 9.10. The minimum atomic E-state index is -0.107. The molecule has 3 rings (SSSR count). The second-order valence-electron chi connectivity index (χ2n) is 6.45. The van der Waals surface area contributed by atoms with Crippen LogP contribution < -0.4 is 10.9 Å². The van der Waals surface area contributed by atoms with Gasteiger partial charge in [0.1, 0.15) is 5.82 Å². The Morgan fingerprint density at radius 1 is 1.22 bits per heavy atom. The van der Waals surface area contributed by atoms with Crippen LogP contribution >= 0.6 is 11.6 Å². The third kappa shape index (κ3) is 4.51. The van der Waals surface area contributed by atoms with Crippen LogP contribution in [-0.2, 0) is 11.3 Å². The van der Waals surface area contributed by atoms with Crippen molar-refractivity contribution in [1.82, 2.24) is 14.0 Å². The van der Waals surface area contributed by atoms with Crippen molar-refractivity contribution in [2.24, 2.45) is 0 Å². The number of methoxy groups -OCH3 is 1. The van der Waals surface area contributed by atoms with Crippen LogP contribution in [0.4, 0.5) is 5.82 Å². The normalized spacial score (nSPS) is 11.2. The maximum atomic E-state index is 12.6. The second-order valence-corrected chi connectivity index (χ2v) is 6.89. The smallest absolute Gasteiger partial charge is 0.261 e. The van der Waals surface area contributed by atoms with Gasteiger partial charge in [-0.3, -0.25) is 13.8 Å². The zero-order chi connectivity index (χ0) is 19.2. The maximum Gasteiger partial charge on any atom is 0.261 e. The number of ether oxygens (including phenoxy) is 1. The van der Waals surface area contributed by atoms with Gasteiger partial charge in [0.15, 0.2) is 0 Å². The standard InChI is InChI=1S/C20H25ClN4O2/c1-3-4-5-11-24-18(22-10-12-27-2)13-19(26)25-14-17(23-20(24)25)15-6-8-16(21)9-7-15/h6-9,13-14,22H,3-5,10-12H2,1-2H3. The fourth-order valence-corrected chi connectivity index (χ4v) is 3.15. The zero-order valence-electron chi connectivity index (χ0n) is 15.7. The quantitative estimate of drug-likeness (QED) is 0.561. The van der Waals surface area contributed by atoms with Gasteiger partial charge in [-0.05, 0) is 18.6 Å². The van der Waals surface area contributed by atoms with Crippen molar-refractivity contribution in [3.63, 3.8) is 0 Å². The lowest BCUT2D eigenvalue weighted by atomic mass is 10.2. The minimum absolute atomic E-state index is 0.107. The number of benzene rings is 1. The van der Waals surface area contributed by atoms with Crippen LogP contribution in [-0.4, -0.2) is 34.2 Å². The number of unbranched alkanes of at least 4 members (excludes halogenated alkanes) is 2. The summed E-state index contributed by atoms with van der Waals surface area (Å²) in [6.45, 7) is 4.17. The maximum absolute atomic E-state index is 12.6. The van der Waals surface area contributed by atoms with E-state index in [0.29, 0.717) is 24.0 Å². The minimum Gasteiger partial charge on any atom is -0.383 e. The highest BCUT2D eigenvalue weighted by molar-refractivity contribution is 6.30. The van der Waals surface area contributed by atoms with E-state index in [1.54, 1.807) is 23.8 Å². The molecule has 0 aliphatic rings. The number of nitrogens with zero attached hydrogens (tertiary/aromatic N) is 3. The first kappa shape index (κ1) is 19.5. The first-order valence-corrected chi connectivity index (χ1v) is 9.63. The molecular formula is C20H25ClN4O2. The van der Waals surface area contributed by atoms with Gasteiger partial charge in [0, 0.05) is 43.0 Å². The van der Waals surface area contributed by atoms with Crippen LogP contribution in [0.3, 0.4) is 0 Å². The molecule has 0 unspecified atom stereocenters. The molecule has 144 valence electrons. The molecular weight excluding hydrogens is 364 g/mol. The van der Waals surface area contributed by atoms with Crippen molar-refractivity contribution in [3.05, 3.63) is 51.9 Å². The molecule has 0 spiro atoms.